The molecular formula is C31H23Cl3N2O4S. The Labute approximate surface area is 254 Å². The summed E-state index contributed by atoms with van der Waals surface area (Å²) >= 11 is 19.2. The van der Waals surface area contributed by atoms with Crippen molar-refractivity contribution in [3.05, 3.63) is 117 Å². The van der Waals surface area contributed by atoms with Gasteiger partial charge in [0.25, 0.3) is 0 Å². The van der Waals surface area contributed by atoms with E-state index in [2.05, 4.69) is 10.6 Å². The lowest BCUT2D eigenvalue weighted by atomic mass is 9.59. The third-order valence-corrected chi connectivity index (χ3v) is 9.31. The van der Waals surface area contributed by atoms with E-state index in [0.29, 0.717) is 48.3 Å². The van der Waals surface area contributed by atoms with Crippen LogP contribution in [0.4, 0.5) is 5.69 Å². The highest BCUT2D eigenvalue weighted by atomic mass is 35.5. The fourth-order valence-corrected chi connectivity index (χ4v) is 7.00. The number of anilines is 1. The summed E-state index contributed by atoms with van der Waals surface area (Å²) in [6.07, 6.45) is 1.66. The highest BCUT2D eigenvalue weighted by Crippen LogP contribution is 2.58. The molecule has 6 rings (SSSR count). The molecule has 4 aromatic carbocycles. The van der Waals surface area contributed by atoms with Gasteiger partial charge in [0.15, 0.2) is 0 Å². The Balaban J connectivity index is 1.56. The smallest absolute Gasteiger partial charge is 0.238 e. The fourth-order valence-electron chi connectivity index (χ4n) is 5.93. The van der Waals surface area contributed by atoms with Gasteiger partial charge in [-0.2, -0.15) is 0 Å². The van der Waals surface area contributed by atoms with Gasteiger partial charge in [-0.3, -0.25) is 13.8 Å². The van der Waals surface area contributed by atoms with Gasteiger partial charge in [0, 0.05) is 60.6 Å². The average molecular weight is 626 g/mol. The number of nitrogens with one attached hydrogen (secondary N) is 2. The second kappa shape index (κ2) is 10.8. The minimum atomic E-state index is -1.29. The number of piperidine rings is 1. The van der Waals surface area contributed by atoms with Gasteiger partial charge in [-0.1, -0.05) is 53.0 Å². The third kappa shape index (κ3) is 4.91. The largest absolute Gasteiger partial charge is 0.457 e. The summed E-state index contributed by atoms with van der Waals surface area (Å²) in [7, 11) is -1.14. The first-order chi connectivity index (χ1) is 19.7. The number of hydrogen-bond acceptors (Lipinski definition) is 4. The molecule has 41 heavy (non-hydrogen) atoms. The molecule has 1 saturated heterocycles. The van der Waals surface area contributed by atoms with Gasteiger partial charge in [0.05, 0.1) is 6.04 Å². The van der Waals surface area contributed by atoms with E-state index in [0.717, 1.165) is 5.56 Å². The van der Waals surface area contributed by atoms with Crippen LogP contribution in [0.3, 0.4) is 0 Å². The van der Waals surface area contributed by atoms with Gasteiger partial charge in [0.1, 0.15) is 16.9 Å². The van der Waals surface area contributed by atoms with E-state index >= 15 is 0 Å². The van der Waals surface area contributed by atoms with Crippen LogP contribution in [-0.2, 0) is 25.8 Å². The molecule has 2 heterocycles. The first-order valence-corrected chi connectivity index (χ1v) is 15.4. The lowest BCUT2D eigenvalue weighted by molar-refractivity contribution is -0.131. The molecule has 2 amide bonds. The van der Waals surface area contributed by atoms with Crippen molar-refractivity contribution in [3.8, 4) is 11.5 Å². The first kappa shape index (κ1) is 27.8. The van der Waals surface area contributed by atoms with Crippen LogP contribution in [0.25, 0.3) is 0 Å². The molecule has 6 nitrogen and oxygen atoms in total. The maximum absolute atomic E-state index is 14.3. The Morgan fingerprint density at radius 3 is 2.32 bits per heavy atom. The highest BCUT2D eigenvalue weighted by molar-refractivity contribution is 7.84. The SMILES string of the molecule is CS(=O)c1ccc(Oc2ccc(Cl)cc2[C@H]2NC(=O)C[C@@H](c3cccc(Cl)c3)C23C(=O)Nc2cc(Cl)ccc23)cc1. The van der Waals surface area contributed by atoms with Crippen molar-refractivity contribution in [1.29, 1.82) is 0 Å². The molecule has 0 bridgehead atoms. The molecule has 0 saturated carbocycles. The van der Waals surface area contributed by atoms with E-state index in [4.69, 9.17) is 39.5 Å². The zero-order valence-electron chi connectivity index (χ0n) is 21.6. The summed E-state index contributed by atoms with van der Waals surface area (Å²) in [5.41, 5.74) is 1.26. The lowest BCUT2D eigenvalue weighted by Crippen LogP contribution is -2.56. The third-order valence-electron chi connectivity index (χ3n) is 7.67. The van der Waals surface area contributed by atoms with Crippen LogP contribution in [0, 0.1) is 0 Å². The van der Waals surface area contributed by atoms with Crippen LogP contribution in [-0.4, -0.2) is 22.3 Å². The molecule has 4 aromatic rings. The summed E-state index contributed by atoms with van der Waals surface area (Å²) in [5, 5.41) is 7.50. The van der Waals surface area contributed by atoms with E-state index in [1.54, 1.807) is 73.0 Å². The van der Waals surface area contributed by atoms with Crippen molar-refractivity contribution in [1.82, 2.24) is 5.32 Å². The minimum Gasteiger partial charge on any atom is -0.457 e. The highest BCUT2D eigenvalue weighted by Gasteiger charge is 2.61. The summed E-state index contributed by atoms with van der Waals surface area (Å²) in [6.45, 7) is 0. The Hall–Kier alpha value is -3.36. The van der Waals surface area contributed by atoms with Crippen molar-refractivity contribution < 1.29 is 18.5 Å². The second-order valence-electron chi connectivity index (χ2n) is 10.0. The number of hydrogen-bond donors (Lipinski definition) is 2. The van der Waals surface area contributed by atoms with Crippen LogP contribution in [0.1, 0.15) is 35.1 Å². The van der Waals surface area contributed by atoms with Crippen molar-refractivity contribution in [2.45, 2.75) is 28.7 Å². The van der Waals surface area contributed by atoms with Gasteiger partial charge in [-0.05, 0) is 77.9 Å². The summed E-state index contributed by atoms with van der Waals surface area (Å²) < 4.78 is 18.2. The monoisotopic (exact) mass is 624 g/mol. The van der Waals surface area contributed by atoms with Crippen LogP contribution in [0.15, 0.2) is 89.8 Å². The standard InChI is InChI=1S/C31H23Cl3N2O4S/c1-41(39)22-9-7-21(8-10-22)40-27-12-6-19(33)14-23(27)29-31(24-11-5-20(34)15-26(24)35-30(31)38)25(16-28(37)36-29)17-3-2-4-18(32)13-17/h2-15,25,29H,16H2,1H3,(H,35,38)(H,36,37)/t25-,29+,31?,41?/m0/s1. The lowest BCUT2D eigenvalue weighted by Gasteiger charge is -2.46. The summed E-state index contributed by atoms with van der Waals surface area (Å²) in [5.74, 6) is -0.195. The average Bonchev–Trinajstić information content (AvgIpc) is 3.22. The van der Waals surface area contributed by atoms with Gasteiger partial charge >= 0.3 is 0 Å². The first-order valence-electron chi connectivity index (χ1n) is 12.7. The Morgan fingerprint density at radius 1 is 0.878 bits per heavy atom. The van der Waals surface area contributed by atoms with Crippen LogP contribution in [0.2, 0.25) is 15.1 Å². The maximum atomic E-state index is 14.3. The molecule has 208 valence electrons. The molecule has 0 aromatic heterocycles. The topological polar surface area (TPSA) is 84.5 Å². The van der Waals surface area contributed by atoms with E-state index in [1.165, 1.54) is 0 Å². The predicted molar refractivity (Wildman–Crippen MR) is 162 cm³/mol. The molecule has 2 aliphatic rings. The molecule has 10 heteroatoms. The number of ether oxygens (including phenoxy) is 1. The Bertz CT molecular complexity index is 1730. The van der Waals surface area contributed by atoms with Crippen LogP contribution < -0.4 is 15.4 Å². The maximum Gasteiger partial charge on any atom is 0.238 e. The number of rotatable bonds is 5. The zero-order chi connectivity index (χ0) is 28.9. The van der Waals surface area contributed by atoms with Gasteiger partial charge in [-0.25, -0.2) is 0 Å². The molecule has 1 spiro atoms. The van der Waals surface area contributed by atoms with E-state index in [1.807, 2.05) is 18.2 Å². The van der Waals surface area contributed by atoms with Crippen molar-refractivity contribution in [2.24, 2.45) is 0 Å². The molecule has 0 radical (unpaired) electrons. The van der Waals surface area contributed by atoms with Gasteiger partial charge < -0.3 is 15.4 Å². The molecule has 1 fully saturated rings. The number of carbonyl (C=O) groups excluding carboxylic acids is 2. The molecule has 2 aliphatic heterocycles. The second-order valence-corrected chi connectivity index (χ2v) is 12.7. The molecule has 4 atom stereocenters. The van der Waals surface area contributed by atoms with E-state index in [-0.39, 0.29) is 18.2 Å². The minimum absolute atomic E-state index is 0.0543. The summed E-state index contributed by atoms with van der Waals surface area (Å²) in [4.78, 5) is 28.3. The molecule has 0 aliphatic carbocycles. The van der Waals surface area contributed by atoms with E-state index in [9.17, 15) is 13.8 Å². The van der Waals surface area contributed by atoms with Gasteiger partial charge in [-0.15, -0.1) is 0 Å². The normalized spacial score (nSPS) is 22.1. The van der Waals surface area contributed by atoms with E-state index < -0.39 is 28.2 Å². The number of benzene rings is 4. The number of halogens is 3. The van der Waals surface area contributed by atoms with Crippen molar-refractivity contribution >= 4 is 63.1 Å². The molecule has 2 unspecified atom stereocenters. The van der Waals surface area contributed by atoms with Crippen molar-refractivity contribution in [3.63, 3.8) is 0 Å². The van der Waals surface area contributed by atoms with Crippen molar-refractivity contribution in [2.75, 3.05) is 11.6 Å². The quantitative estimate of drug-likeness (QED) is 0.242. The predicted octanol–water partition coefficient (Wildman–Crippen LogP) is 7.41. The number of carbonyl (C=O) groups is 2. The fraction of sp³-hybridized carbons (Fsp3) is 0.161. The number of amides is 2. The van der Waals surface area contributed by atoms with Gasteiger partial charge in [0.2, 0.25) is 11.8 Å². The van der Waals surface area contributed by atoms with Crippen LogP contribution in [0.5, 0.6) is 11.5 Å². The Morgan fingerprint density at radius 2 is 1.59 bits per heavy atom. The zero-order valence-corrected chi connectivity index (χ0v) is 24.7. The molecular weight excluding hydrogens is 603 g/mol. The number of fused-ring (bicyclic) bond motifs is 2. The van der Waals surface area contributed by atoms with Crippen LogP contribution >= 0.6 is 34.8 Å². The summed E-state index contributed by atoms with van der Waals surface area (Å²) in [6, 6.07) is 23.6. The molecule has 2 N–H and O–H groups in total. The Kier molecular flexibility index (Phi) is 7.32.